The summed E-state index contributed by atoms with van der Waals surface area (Å²) >= 11 is 0. The second-order valence-corrected chi connectivity index (χ2v) is 4.13. The van der Waals surface area contributed by atoms with Crippen LogP contribution in [0.15, 0.2) is 16.8 Å². The fourth-order valence-corrected chi connectivity index (χ4v) is 1.81. The van der Waals surface area contributed by atoms with Crippen molar-refractivity contribution in [1.29, 1.82) is 0 Å². The Hall–Kier alpha value is -1.62. The fraction of sp³-hybridized carbons (Fsp3) is 0.500. The molecule has 2 aromatic rings. The highest BCUT2D eigenvalue weighted by molar-refractivity contribution is 5.58. The van der Waals surface area contributed by atoms with Crippen LogP contribution >= 0.6 is 0 Å². The van der Waals surface area contributed by atoms with E-state index >= 15 is 0 Å². The summed E-state index contributed by atoms with van der Waals surface area (Å²) in [6.45, 7) is 2.95. The van der Waals surface area contributed by atoms with Gasteiger partial charge in [-0.25, -0.2) is 4.98 Å². The maximum atomic E-state index is 5.72. The monoisotopic (exact) mass is 234 g/mol. The van der Waals surface area contributed by atoms with Crippen molar-refractivity contribution in [1.82, 2.24) is 20.1 Å². The second kappa shape index (κ2) is 5.14. The van der Waals surface area contributed by atoms with Crippen LogP contribution in [-0.4, -0.2) is 28.4 Å². The van der Waals surface area contributed by atoms with Gasteiger partial charge < -0.3 is 9.73 Å². The summed E-state index contributed by atoms with van der Waals surface area (Å²) in [6.07, 6.45) is 5.62. The van der Waals surface area contributed by atoms with Crippen LogP contribution in [0, 0.1) is 6.92 Å². The molecule has 0 aliphatic heterocycles. The molecule has 0 atom stereocenters. The molecule has 0 spiro atoms. The lowest BCUT2D eigenvalue weighted by Crippen LogP contribution is -2.08. The minimum Gasteiger partial charge on any atom is -0.441 e. The van der Waals surface area contributed by atoms with Crippen LogP contribution < -0.4 is 5.32 Å². The molecule has 0 aliphatic carbocycles. The van der Waals surface area contributed by atoms with Crippen molar-refractivity contribution in [2.24, 2.45) is 7.05 Å². The smallest absolute Gasteiger partial charge is 0.194 e. The molecule has 0 radical (unpaired) electrons. The molecular formula is C12H18N4O. The van der Waals surface area contributed by atoms with Crippen LogP contribution in [0.5, 0.6) is 0 Å². The molecule has 0 bridgehead atoms. The predicted molar refractivity (Wildman–Crippen MR) is 65.7 cm³/mol. The van der Waals surface area contributed by atoms with Crippen LogP contribution in [-0.2, 0) is 13.5 Å². The minimum absolute atomic E-state index is 0.790. The largest absolute Gasteiger partial charge is 0.441 e. The lowest BCUT2D eigenvalue weighted by atomic mass is 10.2. The van der Waals surface area contributed by atoms with Gasteiger partial charge in [0.1, 0.15) is 0 Å². The van der Waals surface area contributed by atoms with Gasteiger partial charge in [0.2, 0.25) is 0 Å². The van der Waals surface area contributed by atoms with Crippen LogP contribution in [0.1, 0.15) is 18.0 Å². The molecule has 0 unspecified atom stereocenters. The summed E-state index contributed by atoms with van der Waals surface area (Å²) in [7, 11) is 3.85. The van der Waals surface area contributed by atoms with Gasteiger partial charge in [-0.1, -0.05) is 0 Å². The van der Waals surface area contributed by atoms with Crippen LogP contribution in [0.2, 0.25) is 0 Å². The number of hydrogen-bond acceptors (Lipinski definition) is 4. The minimum atomic E-state index is 0.790. The number of aryl methyl sites for hydroxylation is 3. The summed E-state index contributed by atoms with van der Waals surface area (Å²) in [6, 6.07) is 0. The first-order valence-electron chi connectivity index (χ1n) is 5.80. The van der Waals surface area contributed by atoms with Gasteiger partial charge in [0.15, 0.2) is 11.7 Å². The summed E-state index contributed by atoms with van der Waals surface area (Å²) < 4.78 is 7.50. The van der Waals surface area contributed by atoms with E-state index in [0.717, 1.165) is 42.3 Å². The highest BCUT2D eigenvalue weighted by Crippen LogP contribution is 2.23. The van der Waals surface area contributed by atoms with E-state index in [0.29, 0.717) is 0 Å². The van der Waals surface area contributed by atoms with E-state index in [4.69, 9.17) is 4.42 Å². The van der Waals surface area contributed by atoms with Crippen molar-refractivity contribution in [2.75, 3.05) is 13.6 Å². The van der Waals surface area contributed by atoms with Gasteiger partial charge in [-0.05, 0) is 26.9 Å². The van der Waals surface area contributed by atoms with Gasteiger partial charge in [-0.15, -0.1) is 0 Å². The van der Waals surface area contributed by atoms with Gasteiger partial charge in [0, 0.05) is 19.7 Å². The lowest BCUT2D eigenvalue weighted by Gasteiger charge is -1.95. The van der Waals surface area contributed by atoms with Crippen molar-refractivity contribution >= 4 is 0 Å². The zero-order valence-electron chi connectivity index (χ0n) is 10.5. The number of oxazole rings is 1. The molecule has 0 fully saturated rings. The van der Waals surface area contributed by atoms with E-state index in [1.807, 2.05) is 27.2 Å². The third kappa shape index (κ3) is 2.74. The topological polar surface area (TPSA) is 55.9 Å². The van der Waals surface area contributed by atoms with E-state index in [9.17, 15) is 0 Å². The molecule has 92 valence electrons. The predicted octanol–water partition coefficient (Wildman–Crippen LogP) is 1.54. The maximum Gasteiger partial charge on any atom is 0.194 e. The Labute approximate surface area is 101 Å². The standard InChI is InChI=1S/C12H18N4O/c1-9-10(8-16(3)15-9)11-7-14-12(17-11)5-4-6-13-2/h7-8,13H,4-6H2,1-3H3. The summed E-state index contributed by atoms with van der Waals surface area (Å²) in [4.78, 5) is 4.28. The Balaban J connectivity index is 2.10. The zero-order chi connectivity index (χ0) is 12.3. The van der Waals surface area contributed by atoms with Crippen LogP contribution in [0.4, 0.5) is 0 Å². The molecule has 0 saturated heterocycles. The quantitative estimate of drug-likeness (QED) is 0.797. The first kappa shape index (κ1) is 11.9. The first-order chi connectivity index (χ1) is 8.20. The Morgan fingerprint density at radius 1 is 1.47 bits per heavy atom. The first-order valence-corrected chi connectivity index (χ1v) is 5.80. The van der Waals surface area contributed by atoms with E-state index in [1.54, 1.807) is 10.9 Å². The molecule has 2 heterocycles. The van der Waals surface area contributed by atoms with Gasteiger partial charge in [-0.2, -0.15) is 5.10 Å². The normalized spacial score (nSPS) is 11.0. The molecule has 2 aromatic heterocycles. The maximum absolute atomic E-state index is 5.72. The van der Waals surface area contributed by atoms with E-state index in [1.165, 1.54) is 0 Å². The molecule has 0 aromatic carbocycles. The SMILES string of the molecule is CNCCCc1ncc(-c2cn(C)nc2C)o1. The fourth-order valence-electron chi connectivity index (χ4n) is 1.81. The van der Waals surface area contributed by atoms with E-state index < -0.39 is 0 Å². The number of hydrogen-bond donors (Lipinski definition) is 1. The van der Waals surface area contributed by atoms with Crippen molar-refractivity contribution in [3.05, 3.63) is 24.0 Å². The molecule has 0 aliphatic rings. The van der Waals surface area contributed by atoms with Gasteiger partial charge in [0.25, 0.3) is 0 Å². The van der Waals surface area contributed by atoms with Crippen molar-refractivity contribution in [3.8, 4) is 11.3 Å². The number of rotatable bonds is 5. The molecule has 1 N–H and O–H groups in total. The lowest BCUT2D eigenvalue weighted by molar-refractivity contribution is 0.495. The van der Waals surface area contributed by atoms with Crippen molar-refractivity contribution < 1.29 is 4.42 Å². The highest BCUT2D eigenvalue weighted by atomic mass is 16.4. The number of nitrogens with one attached hydrogen (secondary N) is 1. The van der Waals surface area contributed by atoms with Crippen molar-refractivity contribution in [3.63, 3.8) is 0 Å². The van der Waals surface area contributed by atoms with Gasteiger partial charge in [-0.3, -0.25) is 4.68 Å². The molecule has 5 heteroatoms. The summed E-state index contributed by atoms with van der Waals surface area (Å²) in [5.74, 6) is 1.59. The molecule has 17 heavy (non-hydrogen) atoms. The van der Waals surface area contributed by atoms with Crippen molar-refractivity contribution in [2.45, 2.75) is 19.8 Å². The highest BCUT2D eigenvalue weighted by Gasteiger charge is 2.11. The number of nitrogens with zero attached hydrogens (tertiary/aromatic N) is 3. The third-order valence-electron chi connectivity index (χ3n) is 2.65. The average molecular weight is 234 g/mol. The molecule has 5 nitrogen and oxygen atoms in total. The molecule has 0 amide bonds. The number of aromatic nitrogens is 3. The Kier molecular flexibility index (Phi) is 3.58. The van der Waals surface area contributed by atoms with Gasteiger partial charge in [0.05, 0.1) is 17.5 Å². The van der Waals surface area contributed by atoms with E-state index in [-0.39, 0.29) is 0 Å². The molecule has 0 saturated carbocycles. The zero-order valence-corrected chi connectivity index (χ0v) is 10.5. The van der Waals surface area contributed by atoms with Crippen LogP contribution in [0.25, 0.3) is 11.3 Å². The second-order valence-electron chi connectivity index (χ2n) is 4.13. The summed E-state index contributed by atoms with van der Waals surface area (Å²) in [5, 5.41) is 7.40. The Bertz CT molecular complexity index is 486. The Morgan fingerprint density at radius 3 is 2.94 bits per heavy atom. The average Bonchev–Trinajstić information content (AvgIpc) is 2.86. The summed E-state index contributed by atoms with van der Waals surface area (Å²) in [5.41, 5.74) is 1.98. The Morgan fingerprint density at radius 2 is 2.29 bits per heavy atom. The van der Waals surface area contributed by atoms with Gasteiger partial charge >= 0.3 is 0 Å². The third-order valence-corrected chi connectivity index (χ3v) is 2.65. The molecular weight excluding hydrogens is 216 g/mol. The van der Waals surface area contributed by atoms with Crippen LogP contribution in [0.3, 0.4) is 0 Å². The van der Waals surface area contributed by atoms with E-state index in [2.05, 4.69) is 15.4 Å². The molecule has 2 rings (SSSR count).